The van der Waals surface area contributed by atoms with E-state index >= 15 is 0 Å². The number of nitrogens with zero attached hydrogens (tertiary/aromatic N) is 1. The summed E-state index contributed by atoms with van der Waals surface area (Å²) in [5, 5.41) is 0. The summed E-state index contributed by atoms with van der Waals surface area (Å²) in [5.74, 6) is 0.794. The number of allylic oxidation sites excluding steroid dienone is 1. The molecule has 26 heavy (non-hydrogen) atoms. The monoisotopic (exact) mass is 357 g/mol. The van der Waals surface area contributed by atoms with Gasteiger partial charge in [0.05, 0.1) is 19.3 Å². The highest BCUT2D eigenvalue weighted by atomic mass is 16.5. The zero-order valence-electron chi connectivity index (χ0n) is 16.8. The van der Waals surface area contributed by atoms with Crippen molar-refractivity contribution in [1.29, 1.82) is 0 Å². The van der Waals surface area contributed by atoms with Crippen LogP contribution in [0.3, 0.4) is 0 Å². The topological polar surface area (TPSA) is 38.8 Å². The van der Waals surface area contributed by atoms with Crippen LogP contribution in [-0.2, 0) is 14.3 Å². The van der Waals surface area contributed by atoms with Crippen LogP contribution < -0.4 is 4.90 Å². The number of ether oxygens (including phenoxy) is 2. The van der Waals surface area contributed by atoms with Gasteiger partial charge in [-0.25, -0.2) is 0 Å². The maximum absolute atomic E-state index is 11.4. The van der Waals surface area contributed by atoms with Crippen molar-refractivity contribution in [3.8, 4) is 0 Å². The fourth-order valence-electron chi connectivity index (χ4n) is 4.76. The van der Waals surface area contributed by atoms with E-state index in [-0.39, 0.29) is 17.5 Å². The molecule has 0 saturated carbocycles. The molecule has 0 N–H and O–H groups in total. The molecule has 1 aliphatic carbocycles. The Kier molecular flexibility index (Phi) is 5.16. The molecule has 4 heteroatoms. The lowest BCUT2D eigenvalue weighted by Crippen LogP contribution is -2.54. The quantitative estimate of drug-likeness (QED) is 0.597. The molecule has 3 rings (SSSR count). The van der Waals surface area contributed by atoms with Crippen molar-refractivity contribution >= 4 is 11.7 Å². The molecule has 0 spiro atoms. The second-order valence-corrected chi connectivity index (χ2v) is 8.24. The predicted octanol–water partition coefficient (Wildman–Crippen LogP) is 4.22. The summed E-state index contributed by atoms with van der Waals surface area (Å²) < 4.78 is 11.9. The Bertz CT molecular complexity index is 694. The SMILES string of the molecule is CC(=O)OC[C@@]12CO[C@H](c3ccc(N(C)C)cc3)[C@@H](C(C)=C[C@@H]1C)[C@@H]2C. The van der Waals surface area contributed by atoms with Crippen LogP contribution in [0.25, 0.3) is 0 Å². The van der Waals surface area contributed by atoms with Crippen molar-refractivity contribution in [2.45, 2.75) is 33.8 Å². The van der Waals surface area contributed by atoms with Crippen molar-refractivity contribution in [2.24, 2.45) is 23.2 Å². The van der Waals surface area contributed by atoms with Crippen molar-refractivity contribution in [3.05, 3.63) is 41.5 Å². The van der Waals surface area contributed by atoms with Crippen LogP contribution in [-0.4, -0.2) is 33.3 Å². The first-order valence-electron chi connectivity index (χ1n) is 9.47. The minimum absolute atomic E-state index is 0.0513. The smallest absolute Gasteiger partial charge is 0.302 e. The molecule has 4 nitrogen and oxygen atoms in total. The zero-order valence-corrected chi connectivity index (χ0v) is 16.8. The van der Waals surface area contributed by atoms with E-state index in [9.17, 15) is 4.79 Å². The number of carbonyl (C=O) groups excluding carboxylic acids is 1. The summed E-state index contributed by atoms with van der Waals surface area (Å²) in [5.41, 5.74) is 3.64. The minimum atomic E-state index is -0.219. The van der Waals surface area contributed by atoms with Gasteiger partial charge in [0, 0.05) is 38.0 Å². The van der Waals surface area contributed by atoms with Crippen molar-refractivity contribution < 1.29 is 14.3 Å². The highest BCUT2D eigenvalue weighted by Gasteiger charge is 2.54. The van der Waals surface area contributed by atoms with E-state index in [0.717, 1.165) is 0 Å². The molecule has 0 radical (unpaired) electrons. The molecule has 5 atom stereocenters. The summed E-state index contributed by atoms with van der Waals surface area (Å²) in [7, 11) is 4.10. The van der Waals surface area contributed by atoms with Gasteiger partial charge in [-0.05, 0) is 36.5 Å². The first-order valence-corrected chi connectivity index (χ1v) is 9.47. The Morgan fingerprint density at radius 1 is 1.27 bits per heavy atom. The summed E-state index contributed by atoms with van der Waals surface area (Å²) >= 11 is 0. The van der Waals surface area contributed by atoms with E-state index in [1.807, 2.05) is 14.1 Å². The standard InChI is InChI=1S/C22H31NO3/c1-14-11-15(2)22(12-25-17(4)24)13-26-21(20(14)16(22)3)18-7-9-19(10-8-18)23(5)6/h7-11,15-16,20-21H,12-13H2,1-6H3/t15-,16-,20-,21+,22+/m0/s1. The van der Waals surface area contributed by atoms with Crippen LogP contribution >= 0.6 is 0 Å². The lowest BCUT2D eigenvalue weighted by molar-refractivity contribution is -0.180. The average Bonchev–Trinajstić information content (AvgIpc) is 2.59. The third-order valence-electron chi connectivity index (χ3n) is 6.53. The molecule has 0 amide bonds. The highest BCUT2D eigenvalue weighted by molar-refractivity contribution is 5.66. The molecule has 142 valence electrons. The number of benzene rings is 1. The Labute approximate surface area is 157 Å². The molecule has 2 bridgehead atoms. The Hall–Kier alpha value is -1.81. The van der Waals surface area contributed by atoms with E-state index in [1.165, 1.54) is 23.7 Å². The number of hydrogen-bond acceptors (Lipinski definition) is 4. The van der Waals surface area contributed by atoms with Gasteiger partial charge in [-0.1, -0.05) is 37.6 Å². The van der Waals surface area contributed by atoms with Gasteiger partial charge in [-0.15, -0.1) is 0 Å². The highest BCUT2D eigenvalue weighted by Crippen LogP contribution is 2.56. The molecule has 2 aliphatic rings. The summed E-state index contributed by atoms with van der Waals surface area (Å²) in [6.45, 7) is 9.25. The number of esters is 1. The lowest BCUT2D eigenvalue weighted by atomic mass is 9.56. The van der Waals surface area contributed by atoms with Gasteiger partial charge in [0.1, 0.15) is 0 Å². The second kappa shape index (κ2) is 7.07. The number of rotatable bonds is 4. The van der Waals surface area contributed by atoms with E-state index in [2.05, 4.69) is 56.0 Å². The molecule has 1 aliphatic heterocycles. The van der Waals surface area contributed by atoms with Gasteiger partial charge in [-0.2, -0.15) is 0 Å². The number of hydrogen-bond donors (Lipinski definition) is 0. The Balaban J connectivity index is 1.91. The molecule has 1 saturated heterocycles. The fraction of sp³-hybridized carbons (Fsp3) is 0.591. The molecular weight excluding hydrogens is 326 g/mol. The summed E-state index contributed by atoms with van der Waals surface area (Å²) in [6.07, 6.45) is 2.41. The molecule has 1 heterocycles. The normalized spacial score (nSPS) is 33.4. The molecular formula is C22H31NO3. The third-order valence-corrected chi connectivity index (χ3v) is 6.53. The molecule has 0 unspecified atom stereocenters. The number of fused-ring (bicyclic) bond motifs is 2. The molecule has 1 aromatic carbocycles. The van der Waals surface area contributed by atoms with Crippen molar-refractivity contribution in [3.63, 3.8) is 0 Å². The fourth-order valence-corrected chi connectivity index (χ4v) is 4.76. The second-order valence-electron chi connectivity index (χ2n) is 8.24. The average molecular weight is 357 g/mol. The molecule has 1 fully saturated rings. The van der Waals surface area contributed by atoms with Crippen LogP contribution in [0.4, 0.5) is 5.69 Å². The van der Waals surface area contributed by atoms with Crippen LogP contribution in [0.1, 0.15) is 39.4 Å². The van der Waals surface area contributed by atoms with Crippen LogP contribution in [0.15, 0.2) is 35.9 Å². The van der Waals surface area contributed by atoms with Crippen LogP contribution in [0, 0.1) is 23.2 Å². The van der Waals surface area contributed by atoms with Crippen molar-refractivity contribution in [1.82, 2.24) is 0 Å². The van der Waals surface area contributed by atoms with Gasteiger partial charge in [0.2, 0.25) is 0 Å². The van der Waals surface area contributed by atoms with E-state index in [4.69, 9.17) is 9.47 Å². The van der Waals surface area contributed by atoms with Crippen LogP contribution in [0.2, 0.25) is 0 Å². The van der Waals surface area contributed by atoms with Gasteiger partial charge in [-0.3, -0.25) is 4.79 Å². The predicted molar refractivity (Wildman–Crippen MR) is 104 cm³/mol. The Morgan fingerprint density at radius 3 is 2.50 bits per heavy atom. The lowest BCUT2D eigenvalue weighted by Gasteiger charge is -2.55. The van der Waals surface area contributed by atoms with Crippen LogP contribution in [0.5, 0.6) is 0 Å². The minimum Gasteiger partial charge on any atom is -0.465 e. The van der Waals surface area contributed by atoms with E-state index in [1.54, 1.807) is 0 Å². The number of carbonyl (C=O) groups is 1. The van der Waals surface area contributed by atoms with Gasteiger partial charge < -0.3 is 14.4 Å². The maximum Gasteiger partial charge on any atom is 0.302 e. The largest absolute Gasteiger partial charge is 0.465 e. The first-order chi connectivity index (χ1) is 12.3. The molecule has 1 aromatic rings. The third kappa shape index (κ3) is 3.16. The molecule has 0 aromatic heterocycles. The van der Waals surface area contributed by atoms with Gasteiger partial charge >= 0.3 is 5.97 Å². The van der Waals surface area contributed by atoms with Gasteiger partial charge in [0.15, 0.2) is 0 Å². The maximum atomic E-state index is 11.4. The van der Waals surface area contributed by atoms with Gasteiger partial charge in [0.25, 0.3) is 0 Å². The summed E-state index contributed by atoms with van der Waals surface area (Å²) in [4.78, 5) is 13.5. The van der Waals surface area contributed by atoms with E-state index in [0.29, 0.717) is 31.0 Å². The van der Waals surface area contributed by atoms with E-state index < -0.39 is 0 Å². The zero-order chi connectivity index (χ0) is 19.1. The number of anilines is 1. The van der Waals surface area contributed by atoms with Crippen molar-refractivity contribution in [2.75, 3.05) is 32.2 Å². The summed E-state index contributed by atoms with van der Waals surface area (Å²) in [6, 6.07) is 8.65. The Morgan fingerprint density at radius 2 is 1.92 bits per heavy atom. The first kappa shape index (κ1) is 19.0.